The zero-order valence-electron chi connectivity index (χ0n) is 10.4. The molecule has 0 unspecified atom stereocenters. The summed E-state index contributed by atoms with van der Waals surface area (Å²) in [5.74, 6) is 0.775. The Kier molecular flexibility index (Phi) is 3.26. The van der Waals surface area contributed by atoms with Gasteiger partial charge in [0.05, 0.1) is 18.3 Å². The van der Waals surface area contributed by atoms with Gasteiger partial charge in [-0.2, -0.15) is 0 Å². The number of nitrogens with zero attached hydrogens (tertiary/aromatic N) is 3. The summed E-state index contributed by atoms with van der Waals surface area (Å²) in [7, 11) is 0. The topological polar surface area (TPSA) is 63.8 Å². The molecule has 0 aromatic carbocycles. The summed E-state index contributed by atoms with van der Waals surface area (Å²) in [5, 5.41) is 17.2. The minimum atomic E-state index is 0.0823. The van der Waals surface area contributed by atoms with Crippen LogP contribution in [0.2, 0.25) is 0 Å². The van der Waals surface area contributed by atoms with Gasteiger partial charge in [0, 0.05) is 5.54 Å². The molecule has 0 radical (unpaired) electrons. The molecule has 92 valence electrons. The fraction of sp³-hybridized carbons (Fsp3) is 0.545. The lowest BCUT2D eigenvalue weighted by Crippen LogP contribution is -2.35. The fourth-order valence-electron chi connectivity index (χ4n) is 1.28. The van der Waals surface area contributed by atoms with E-state index in [-0.39, 0.29) is 5.54 Å². The third kappa shape index (κ3) is 3.10. The number of nitrogens with one attached hydrogen (secondary N) is 1. The summed E-state index contributed by atoms with van der Waals surface area (Å²) in [6, 6.07) is 0. The van der Waals surface area contributed by atoms with Crippen LogP contribution in [0.15, 0.2) is 10.7 Å². The van der Waals surface area contributed by atoms with Crippen LogP contribution >= 0.6 is 11.3 Å². The third-order valence-electron chi connectivity index (χ3n) is 2.22. The van der Waals surface area contributed by atoms with Crippen molar-refractivity contribution in [3.8, 4) is 10.6 Å². The summed E-state index contributed by atoms with van der Waals surface area (Å²) < 4.78 is 5.02. The van der Waals surface area contributed by atoms with Crippen LogP contribution in [0.5, 0.6) is 0 Å². The number of hydrogen-bond donors (Lipinski definition) is 1. The van der Waals surface area contributed by atoms with Gasteiger partial charge in [0.2, 0.25) is 0 Å². The predicted octanol–water partition coefficient (Wildman–Crippen LogP) is 2.39. The number of aromatic nitrogens is 3. The van der Waals surface area contributed by atoms with E-state index in [2.05, 4.69) is 41.4 Å². The van der Waals surface area contributed by atoms with Gasteiger partial charge in [-0.1, -0.05) is 16.5 Å². The van der Waals surface area contributed by atoms with Crippen molar-refractivity contribution < 1.29 is 4.52 Å². The van der Waals surface area contributed by atoms with E-state index in [1.165, 1.54) is 0 Å². The monoisotopic (exact) mass is 252 g/mol. The quantitative estimate of drug-likeness (QED) is 0.908. The van der Waals surface area contributed by atoms with E-state index >= 15 is 0 Å². The molecule has 0 atom stereocenters. The number of aryl methyl sites for hydroxylation is 1. The lowest BCUT2D eigenvalue weighted by molar-refractivity contribution is 0.398. The second-order valence-electron chi connectivity index (χ2n) is 4.90. The molecule has 0 fully saturated rings. The first-order valence-electron chi connectivity index (χ1n) is 5.45. The molecule has 0 aliphatic rings. The smallest absolute Gasteiger partial charge is 0.153 e. The average Bonchev–Trinajstić information content (AvgIpc) is 2.81. The van der Waals surface area contributed by atoms with Crippen molar-refractivity contribution in [2.75, 3.05) is 0 Å². The highest BCUT2D eigenvalue weighted by molar-refractivity contribution is 7.14. The second kappa shape index (κ2) is 4.54. The van der Waals surface area contributed by atoms with Gasteiger partial charge in [0.25, 0.3) is 0 Å². The van der Waals surface area contributed by atoms with E-state index in [0.717, 1.165) is 27.9 Å². The molecule has 17 heavy (non-hydrogen) atoms. The first-order chi connectivity index (χ1) is 7.96. The Morgan fingerprint density at radius 1 is 1.35 bits per heavy atom. The first kappa shape index (κ1) is 12.2. The van der Waals surface area contributed by atoms with Crippen LogP contribution in [0, 0.1) is 6.92 Å². The van der Waals surface area contributed by atoms with Crippen molar-refractivity contribution in [1.82, 2.24) is 20.7 Å². The van der Waals surface area contributed by atoms with Crippen molar-refractivity contribution in [2.45, 2.75) is 39.8 Å². The molecule has 0 aliphatic heterocycles. The predicted molar refractivity (Wildman–Crippen MR) is 66.7 cm³/mol. The number of rotatable bonds is 3. The Morgan fingerprint density at radius 3 is 2.71 bits per heavy atom. The fourth-order valence-corrected chi connectivity index (χ4v) is 2.12. The Morgan fingerprint density at radius 2 is 2.12 bits per heavy atom. The van der Waals surface area contributed by atoms with E-state index in [9.17, 15) is 0 Å². The van der Waals surface area contributed by atoms with Gasteiger partial charge in [-0.3, -0.25) is 0 Å². The normalized spacial score (nSPS) is 12.0. The molecular formula is C11H16N4OS. The molecule has 0 saturated carbocycles. The van der Waals surface area contributed by atoms with Crippen molar-refractivity contribution in [2.24, 2.45) is 0 Å². The zero-order chi connectivity index (χ0) is 12.5. The lowest BCUT2D eigenvalue weighted by atomic mass is 10.1. The van der Waals surface area contributed by atoms with Crippen LogP contribution in [0.25, 0.3) is 10.6 Å². The molecule has 2 aromatic heterocycles. The van der Waals surface area contributed by atoms with Gasteiger partial charge in [0.1, 0.15) is 10.8 Å². The molecule has 0 aliphatic carbocycles. The molecule has 2 aromatic rings. The molecule has 2 heterocycles. The summed E-state index contributed by atoms with van der Waals surface area (Å²) in [6.45, 7) is 8.97. The van der Waals surface area contributed by atoms with Crippen molar-refractivity contribution in [3.05, 3.63) is 17.0 Å². The number of hydrogen-bond acceptors (Lipinski definition) is 6. The van der Waals surface area contributed by atoms with E-state index in [4.69, 9.17) is 4.52 Å². The van der Waals surface area contributed by atoms with Crippen LogP contribution < -0.4 is 5.32 Å². The molecule has 1 N–H and O–H groups in total. The van der Waals surface area contributed by atoms with Crippen molar-refractivity contribution >= 4 is 11.3 Å². The maximum atomic E-state index is 5.02. The highest BCUT2D eigenvalue weighted by Crippen LogP contribution is 2.26. The Labute approximate surface area is 104 Å². The first-order valence-corrected chi connectivity index (χ1v) is 6.26. The van der Waals surface area contributed by atoms with Crippen LogP contribution in [-0.4, -0.2) is 20.9 Å². The van der Waals surface area contributed by atoms with Gasteiger partial charge >= 0.3 is 0 Å². The molecule has 6 heteroatoms. The molecule has 0 bridgehead atoms. The van der Waals surface area contributed by atoms with Crippen molar-refractivity contribution in [1.29, 1.82) is 0 Å². The molecule has 0 saturated heterocycles. The zero-order valence-corrected chi connectivity index (χ0v) is 11.3. The van der Waals surface area contributed by atoms with Gasteiger partial charge in [0.15, 0.2) is 5.01 Å². The third-order valence-corrected chi connectivity index (χ3v) is 3.17. The minimum absolute atomic E-state index is 0.0823. The van der Waals surface area contributed by atoms with Crippen molar-refractivity contribution in [3.63, 3.8) is 0 Å². The molecular weight excluding hydrogens is 236 g/mol. The lowest BCUT2D eigenvalue weighted by Gasteiger charge is -2.19. The average molecular weight is 252 g/mol. The Bertz CT molecular complexity index is 498. The Balaban J connectivity index is 2.09. The van der Waals surface area contributed by atoms with Crippen LogP contribution in [0.4, 0.5) is 0 Å². The van der Waals surface area contributed by atoms with Crippen LogP contribution in [0.3, 0.4) is 0 Å². The molecule has 5 nitrogen and oxygen atoms in total. The maximum absolute atomic E-state index is 5.02. The summed E-state index contributed by atoms with van der Waals surface area (Å²) >= 11 is 1.56. The molecule has 0 amide bonds. The minimum Gasteiger partial charge on any atom is -0.361 e. The summed E-state index contributed by atoms with van der Waals surface area (Å²) in [4.78, 5) is 0. The summed E-state index contributed by atoms with van der Waals surface area (Å²) in [6.07, 6.45) is 1.68. The highest BCUT2D eigenvalue weighted by atomic mass is 32.1. The van der Waals surface area contributed by atoms with E-state index in [1.54, 1.807) is 17.5 Å². The van der Waals surface area contributed by atoms with E-state index < -0.39 is 0 Å². The summed E-state index contributed by atoms with van der Waals surface area (Å²) in [5.41, 5.74) is 1.00. The van der Waals surface area contributed by atoms with Crippen LogP contribution in [0.1, 0.15) is 31.5 Å². The standard InChI is InChI=1S/C11H16N4OS/c1-7-8(5-13-16-7)10-15-14-9(17-10)6-12-11(2,3)4/h5,12H,6H2,1-4H3. The Hall–Kier alpha value is -1.27. The van der Waals surface area contributed by atoms with E-state index in [0.29, 0.717) is 0 Å². The largest absolute Gasteiger partial charge is 0.361 e. The molecule has 0 spiro atoms. The second-order valence-corrected chi connectivity index (χ2v) is 5.96. The van der Waals surface area contributed by atoms with Gasteiger partial charge < -0.3 is 9.84 Å². The van der Waals surface area contributed by atoms with Crippen LogP contribution in [-0.2, 0) is 6.54 Å². The maximum Gasteiger partial charge on any atom is 0.153 e. The SMILES string of the molecule is Cc1oncc1-c1nnc(CNC(C)(C)C)s1. The van der Waals surface area contributed by atoms with Gasteiger partial charge in [-0.25, -0.2) is 0 Å². The van der Waals surface area contributed by atoms with E-state index in [1.807, 2.05) is 6.92 Å². The highest BCUT2D eigenvalue weighted by Gasteiger charge is 2.14. The molecule has 2 rings (SSSR count). The van der Waals surface area contributed by atoms with Gasteiger partial charge in [-0.05, 0) is 27.7 Å². The van der Waals surface area contributed by atoms with Gasteiger partial charge in [-0.15, -0.1) is 10.2 Å².